The zero-order chi connectivity index (χ0) is 22.5. The Bertz CT molecular complexity index is 796. The van der Waals surface area contributed by atoms with Gasteiger partial charge in [0.05, 0.1) is 18.6 Å². The van der Waals surface area contributed by atoms with Crippen LogP contribution in [0, 0.1) is 5.41 Å². The fraction of sp³-hybridized carbons (Fsp3) is 0.462. The lowest BCUT2D eigenvalue weighted by Gasteiger charge is -2.20. The first-order valence-corrected chi connectivity index (χ1v) is 11.0. The first-order valence-electron chi connectivity index (χ1n) is 11.0. The van der Waals surface area contributed by atoms with Gasteiger partial charge < -0.3 is 14.2 Å². The number of hydrogen-bond donors (Lipinski definition) is 0. The van der Waals surface area contributed by atoms with Crippen LogP contribution in [-0.2, 0) is 14.3 Å². The van der Waals surface area contributed by atoms with Gasteiger partial charge in [-0.1, -0.05) is 37.3 Å². The van der Waals surface area contributed by atoms with Crippen molar-refractivity contribution in [1.82, 2.24) is 0 Å². The highest BCUT2D eigenvalue weighted by atomic mass is 16.6. The molecular weight excluding hydrogens is 392 g/mol. The molecular formula is C26H34O5. The zero-order valence-corrected chi connectivity index (χ0v) is 18.9. The Labute approximate surface area is 185 Å². The molecule has 168 valence electrons. The molecule has 0 aliphatic rings. The second-order valence-electron chi connectivity index (χ2n) is 8.11. The van der Waals surface area contributed by atoms with E-state index in [2.05, 4.69) is 0 Å². The molecule has 0 amide bonds. The van der Waals surface area contributed by atoms with Gasteiger partial charge in [-0.2, -0.15) is 0 Å². The topological polar surface area (TPSA) is 61.8 Å². The maximum atomic E-state index is 12.4. The Balaban J connectivity index is 1.52. The molecule has 31 heavy (non-hydrogen) atoms. The molecule has 2 aromatic rings. The van der Waals surface area contributed by atoms with E-state index < -0.39 is 5.41 Å². The Morgan fingerprint density at radius 3 is 2.10 bits per heavy atom. The van der Waals surface area contributed by atoms with Gasteiger partial charge >= 0.3 is 5.97 Å². The lowest BCUT2D eigenvalue weighted by atomic mass is 9.91. The molecule has 2 rings (SSSR count). The van der Waals surface area contributed by atoms with E-state index in [0.717, 1.165) is 31.4 Å². The molecule has 0 atom stereocenters. The van der Waals surface area contributed by atoms with E-state index in [1.165, 1.54) is 0 Å². The van der Waals surface area contributed by atoms with Crippen molar-refractivity contribution in [2.45, 2.75) is 46.5 Å². The maximum absolute atomic E-state index is 12.4. The zero-order valence-electron chi connectivity index (χ0n) is 18.9. The Hall–Kier alpha value is -2.66. The van der Waals surface area contributed by atoms with E-state index >= 15 is 0 Å². The largest absolute Gasteiger partial charge is 0.494 e. The van der Waals surface area contributed by atoms with Crippen molar-refractivity contribution in [2.75, 3.05) is 26.4 Å². The smallest absolute Gasteiger partial charge is 0.311 e. The third-order valence-corrected chi connectivity index (χ3v) is 5.25. The molecule has 0 radical (unpaired) electrons. The Kier molecular flexibility index (Phi) is 10.2. The van der Waals surface area contributed by atoms with Crippen molar-refractivity contribution in [1.29, 1.82) is 0 Å². The Morgan fingerprint density at radius 1 is 0.774 bits per heavy atom. The van der Waals surface area contributed by atoms with Gasteiger partial charge in [-0.3, -0.25) is 9.59 Å². The van der Waals surface area contributed by atoms with Crippen molar-refractivity contribution >= 4 is 11.8 Å². The van der Waals surface area contributed by atoms with Crippen LogP contribution in [0.4, 0.5) is 0 Å². The minimum Gasteiger partial charge on any atom is -0.494 e. The van der Waals surface area contributed by atoms with E-state index in [0.29, 0.717) is 37.6 Å². The van der Waals surface area contributed by atoms with Gasteiger partial charge in [0.1, 0.15) is 12.4 Å². The Morgan fingerprint density at radius 2 is 1.42 bits per heavy atom. The molecule has 0 N–H and O–H groups in total. The van der Waals surface area contributed by atoms with Crippen molar-refractivity contribution in [3.8, 4) is 5.75 Å². The van der Waals surface area contributed by atoms with Crippen LogP contribution >= 0.6 is 0 Å². The van der Waals surface area contributed by atoms with Gasteiger partial charge in [0.2, 0.25) is 0 Å². The van der Waals surface area contributed by atoms with E-state index in [1.807, 2.05) is 63.2 Å². The number of ether oxygens (including phenoxy) is 3. The summed E-state index contributed by atoms with van der Waals surface area (Å²) in [5, 5.41) is 0. The SMILES string of the molecule is CCC(C)(C)C(=O)OCCOCCCCCOc1ccc(C(=O)c2ccccc2)cc1. The van der Waals surface area contributed by atoms with Crippen LogP contribution in [0.5, 0.6) is 5.75 Å². The second kappa shape index (κ2) is 12.9. The fourth-order valence-corrected chi connectivity index (χ4v) is 2.77. The normalized spacial score (nSPS) is 11.2. The number of carbonyl (C=O) groups excluding carboxylic acids is 2. The van der Waals surface area contributed by atoms with E-state index in [4.69, 9.17) is 14.2 Å². The third kappa shape index (κ3) is 8.54. The van der Waals surface area contributed by atoms with Crippen LogP contribution in [-0.4, -0.2) is 38.2 Å². The second-order valence-corrected chi connectivity index (χ2v) is 8.11. The van der Waals surface area contributed by atoms with Crippen LogP contribution in [0.2, 0.25) is 0 Å². The van der Waals surface area contributed by atoms with Crippen LogP contribution in [0.1, 0.15) is 62.4 Å². The number of ketones is 1. The van der Waals surface area contributed by atoms with Gasteiger partial charge in [0.25, 0.3) is 0 Å². The molecule has 0 bridgehead atoms. The van der Waals surface area contributed by atoms with Crippen molar-refractivity contribution in [2.24, 2.45) is 5.41 Å². The predicted octanol–water partition coefficient (Wildman–Crippen LogP) is 5.46. The highest BCUT2D eigenvalue weighted by Gasteiger charge is 2.26. The summed E-state index contributed by atoms with van der Waals surface area (Å²) in [6.45, 7) is 7.74. The summed E-state index contributed by atoms with van der Waals surface area (Å²) in [5.74, 6) is 0.599. The monoisotopic (exact) mass is 426 g/mol. The van der Waals surface area contributed by atoms with Gasteiger partial charge in [0.15, 0.2) is 5.78 Å². The molecule has 5 heteroatoms. The quantitative estimate of drug-likeness (QED) is 0.228. The standard InChI is InChI=1S/C26H34O5/c1-4-26(2,3)25(28)31-20-19-29-17-9-6-10-18-30-23-15-13-22(14-16-23)24(27)21-11-7-5-8-12-21/h5,7-8,11-16H,4,6,9-10,17-20H2,1-3H3. The van der Waals surface area contributed by atoms with Crippen LogP contribution in [0.25, 0.3) is 0 Å². The van der Waals surface area contributed by atoms with Crippen molar-refractivity contribution < 1.29 is 23.8 Å². The molecule has 0 saturated heterocycles. The van der Waals surface area contributed by atoms with Gasteiger partial charge in [-0.15, -0.1) is 0 Å². The number of unbranched alkanes of at least 4 members (excludes halogenated alkanes) is 2. The number of benzene rings is 2. The molecule has 0 aliphatic carbocycles. The van der Waals surface area contributed by atoms with Crippen molar-refractivity contribution in [3.63, 3.8) is 0 Å². The van der Waals surface area contributed by atoms with Crippen LogP contribution < -0.4 is 4.74 Å². The number of hydrogen-bond acceptors (Lipinski definition) is 5. The summed E-state index contributed by atoms with van der Waals surface area (Å²) in [7, 11) is 0. The number of carbonyl (C=O) groups is 2. The average molecular weight is 427 g/mol. The van der Waals surface area contributed by atoms with E-state index in [1.54, 1.807) is 12.1 Å². The minimum atomic E-state index is -0.433. The van der Waals surface area contributed by atoms with Gasteiger partial charge in [-0.05, 0) is 63.8 Å². The van der Waals surface area contributed by atoms with Gasteiger partial charge in [-0.25, -0.2) is 0 Å². The highest BCUT2D eigenvalue weighted by Crippen LogP contribution is 2.21. The summed E-state index contributed by atoms with van der Waals surface area (Å²) < 4.78 is 16.5. The minimum absolute atomic E-state index is 0.0102. The highest BCUT2D eigenvalue weighted by molar-refractivity contribution is 6.08. The molecule has 0 aromatic heterocycles. The van der Waals surface area contributed by atoms with Crippen LogP contribution in [0.3, 0.4) is 0 Å². The predicted molar refractivity (Wildman–Crippen MR) is 122 cm³/mol. The van der Waals surface area contributed by atoms with Crippen molar-refractivity contribution in [3.05, 3.63) is 65.7 Å². The summed E-state index contributed by atoms with van der Waals surface area (Å²) in [6, 6.07) is 16.5. The maximum Gasteiger partial charge on any atom is 0.311 e. The average Bonchev–Trinajstić information content (AvgIpc) is 2.80. The van der Waals surface area contributed by atoms with Crippen LogP contribution in [0.15, 0.2) is 54.6 Å². The summed E-state index contributed by atoms with van der Waals surface area (Å²) >= 11 is 0. The number of rotatable bonds is 14. The lowest BCUT2D eigenvalue weighted by molar-refractivity contribution is -0.155. The fourth-order valence-electron chi connectivity index (χ4n) is 2.77. The summed E-state index contributed by atoms with van der Waals surface area (Å²) in [5.41, 5.74) is 0.901. The van der Waals surface area contributed by atoms with Gasteiger partial charge in [0, 0.05) is 17.7 Å². The van der Waals surface area contributed by atoms with E-state index in [9.17, 15) is 9.59 Å². The summed E-state index contributed by atoms with van der Waals surface area (Å²) in [6.07, 6.45) is 3.61. The molecule has 0 aliphatic heterocycles. The number of esters is 1. The first-order chi connectivity index (χ1) is 14.9. The molecule has 5 nitrogen and oxygen atoms in total. The molecule has 0 heterocycles. The lowest BCUT2D eigenvalue weighted by Crippen LogP contribution is -2.27. The summed E-state index contributed by atoms with van der Waals surface area (Å²) in [4.78, 5) is 24.2. The molecule has 0 spiro atoms. The molecule has 2 aromatic carbocycles. The molecule has 0 fully saturated rings. The third-order valence-electron chi connectivity index (χ3n) is 5.25. The first kappa shape index (κ1) is 24.6. The van der Waals surface area contributed by atoms with E-state index in [-0.39, 0.29) is 11.8 Å². The molecule has 0 unspecified atom stereocenters. The molecule has 0 saturated carbocycles.